The largest absolute Gasteiger partial charge is 0.464 e. The number of allylic oxidation sites excluding steroid dienone is 2. The first-order valence-corrected chi connectivity index (χ1v) is 16.9. The number of likely N-dealkylation sites (N-methyl/N-ethyl adjacent to an activating group) is 1. The molecule has 8 atom stereocenters. The number of carbonyl (C=O) groups excluding carboxylic acids is 1. The maximum atomic E-state index is 14.1. The fraction of sp³-hybridized carbons (Fsp3) is 0.917. The van der Waals surface area contributed by atoms with Crippen molar-refractivity contribution >= 4 is 5.97 Å². The molecule has 5 aliphatic carbocycles. The predicted octanol–water partition coefficient (Wildman–Crippen LogP) is 8.03. The number of fused-ring (bicyclic) bond motifs is 7. The minimum atomic E-state index is -0.356. The van der Waals surface area contributed by atoms with Crippen LogP contribution in [0.1, 0.15) is 127 Å². The monoisotopic (exact) mass is 555 g/mol. The summed E-state index contributed by atoms with van der Waals surface area (Å²) in [6, 6.07) is 0. The van der Waals surface area contributed by atoms with Gasteiger partial charge in [-0.05, 0) is 122 Å². The number of hydrogen-bond acceptors (Lipinski definition) is 4. The van der Waals surface area contributed by atoms with Crippen LogP contribution in [0.25, 0.3) is 0 Å². The van der Waals surface area contributed by atoms with Crippen LogP contribution in [0, 0.1) is 50.2 Å². The Labute approximate surface area is 246 Å². The van der Waals surface area contributed by atoms with Gasteiger partial charge >= 0.3 is 5.97 Å². The van der Waals surface area contributed by atoms with Gasteiger partial charge in [0.1, 0.15) is 6.61 Å². The summed E-state index contributed by atoms with van der Waals surface area (Å²) in [5.41, 5.74) is 2.08. The highest BCUT2D eigenvalue weighted by Crippen LogP contribution is 2.75. The molecule has 0 aromatic carbocycles. The Morgan fingerprint density at radius 1 is 0.925 bits per heavy atom. The molecule has 0 spiro atoms. The molecule has 228 valence electrons. The molecular formula is C36H61NO3. The van der Waals surface area contributed by atoms with Gasteiger partial charge in [0, 0.05) is 6.54 Å². The molecule has 0 aromatic heterocycles. The molecule has 4 fully saturated rings. The summed E-state index contributed by atoms with van der Waals surface area (Å²) >= 11 is 0. The number of esters is 1. The molecule has 0 bridgehead atoms. The first-order chi connectivity index (χ1) is 18.6. The summed E-state index contributed by atoms with van der Waals surface area (Å²) in [4.78, 5) is 16.5. The van der Waals surface area contributed by atoms with E-state index in [9.17, 15) is 9.90 Å². The molecule has 40 heavy (non-hydrogen) atoms. The lowest BCUT2D eigenvalue weighted by atomic mass is 9.33. The maximum Gasteiger partial charge on any atom is 0.312 e. The Morgan fingerprint density at radius 2 is 1.60 bits per heavy atom. The van der Waals surface area contributed by atoms with Gasteiger partial charge in [-0.3, -0.25) is 4.79 Å². The van der Waals surface area contributed by atoms with E-state index in [0.29, 0.717) is 24.4 Å². The van der Waals surface area contributed by atoms with Gasteiger partial charge in [0.25, 0.3) is 0 Å². The van der Waals surface area contributed by atoms with Crippen molar-refractivity contribution in [2.45, 2.75) is 133 Å². The quantitative estimate of drug-likeness (QED) is 0.266. The van der Waals surface area contributed by atoms with E-state index in [1.165, 1.54) is 12.8 Å². The molecule has 1 N–H and O–H groups in total. The summed E-state index contributed by atoms with van der Waals surface area (Å²) in [6.45, 7) is 25.0. The summed E-state index contributed by atoms with van der Waals surface area (Å²) in [5.74, 6) is 1.58. The lowest BCUT2D eigenvalue weighted by molar-refractivity contribution is -0.206. The number of nitrogens with zero attached hydrogens (tertiary/aromatic N) is 1. The first-order valence-electron chi connectivity index (χ1n) is 16.9. The van der Waals surface area contributed by atoms with Crippen molar-refractivity contribution in [3.05, 3.63) is 11.6 Å². The fourth-order valence-electron chi connectivity index (χ4n) is 11.6. The second-order valence-corrected chi connectivity index (χ2v) is 16.9. The molecule has 0 aliphatic heterocycles. The molecule has 4 saturated carbocycles. The highest BCUT2D eigenvalue weighted by molar-refractivity contribution is 5.78. The molecule has 5 aliphatic rings. The zero-order valence-electron chi connectivity index (χ0n) is 27.5. The molecule has 0 aromatic rings. The topological polar surface area (TPSA) is 49.8 Å². The van der Waals surface area contributed by atoms with E-state index in [-0.39, 0.29) is 44.6 Å². The lowest BCUT2D eigenvalue weighted by Gasteiger charge is -2.71. The Bertz CT molecular complexity index is 1010. The molecule has 0 radical (unpaired) electrons. The lowest BCUT2D eigenvalue weighted by Crippen LogP contribution is -2.65. The smallest absolute Gasteiger partial charge is 0.312 e. The highest BCUT2D eigenvalue weighted by Gasteiger charge is 2.69. The third kappa shape index (κ3) is 4.30. The third-order valence-electron chi connectivity index (χ3n) is 14.6. The predicted molar refractivity (Wildman–Crippen MR) is 164 cm³/mol. The number of aliphatic hydroxyl groups is 1. The normalized spacial score (nSPS) is 45.4. The van der Waals surface area contributed by atoms with E-state index in [1.807, 2.05) is 0 Å². The van der Waals surface area contributed by atoms with Crippen LogP contribution in [0.15, 0.2) is 11.6 Å². The second-order valence-electron chi connectivity index (χ2n) is 16.9. The average molecular weight is 556 g/mol. The van der Waals surface area contributed by atoms with Crippen LogP contribution in [0.4, 0.5) is 0 Å². The Morgan fingerprint density at radius 3 is 2.27 bits per heavy atom. The van der Waals surface area contributed by atoms with Crippen molar-refractivity contribution in [1.29, 1.82) is 0 Å². The number of rotatable bonds is 6. The van der Waals surface area contributed by atoms with Gasteiger partial charge in [-0.1, -0.05) is 74.0 Å². The van der Waals surface area contributed by atoms with Crippen molar-refractivity contribution in [1.82, 2.24) is 4.90 Å². The van der Waals surface area contributed by atoms with Gasteiger partial charge < -0.3 is 14.7 Å². The van der Waals surface area contributed by atoms with Crippen LogP contribution in [0.2, 0.25) is 0 Å². The summed E-state index contributed by atoms with van der Waals surface area (Å²) in [7, 11) is 0. The van der Waals surface area contributed by atoms with Gasteiger partial charge in [-0.2, -0.15) is 0 Å². The van der Waals surface area contributed by atoms with Crippen LogP contribution >= 0.6 is 0 Å². The van der Waals surface area contributed by atoms with E-state index in [2.05, 4.69) is 73.3 Å². The SMILES string of the molecule is CCN(CC)CCOC(=O)[C@]12CCC(C)(C)C[C@H]1C1=CCC3[C@@]4(C)CC[C@H](O)C(C)(C)C4CC[C@@]3(C)[C@]1(C)CC2. The summed E-state index contributed by atoms with van der Waals surface area (Å²) in [6.07, 6.45) is 13.4. The van der Waals surface area contributed by atoms with Gasteiger partial charge in [-0.25, -0.2) is 0 Å². The first kappa shape index (κ1) is 30.6. The van der Waals surface area contributed by atoms with E-state index in [4.69, 9.17) is 4.74 Å². The fourth-order valence-corrected chi connectivity index (χ4v) is 11.6. The molecule has 5 rings (SSSR count). The van der Waals surface area contributed by atoms with Crippen molar-refractivity contribution in [2.75, 3.05) is 26.2 Å². The standard InChI is InChI=1S/C36H61NO3/c1-10-37(11-2)22-23-40-30(39)36-20-18-31(3,4)24-26(36)25-12-13-28-33(7)16-15-29(38)32(5,6)27(33)14-17-35(28,9)34(25,8)19-21-36/h12,26-29,38H,10-11,13-24H2,1-9H3/t26-,27?,28?,29-,33-,34+,35+,36-/m0/s1. The van der Waals surface area contributed by atoms with E-state index < -0.39 is 0 Å². The third-order valence-corrected chi connectivity index (χ3v) is 14.6. The van der Waals surface area contributed by atoms with E-state index in [1.54, 1.807) is 5.57 Å². The van der Waals surface area contributed by atoms with Gasteiger partial charge in [0.05, 0.1) is 11.5 Å². The van der Waals surface area contributed by atoms with Gasteiger partial charge in [0.15, 0.2) is 0 Å². The highest BCUT2D eigenvalue weighted by atomic mass is 16.5. The Balaban J connectivity index is 1.49. The van der Waals surface area contributed by atoms with Crippen LogP contribution in [-0.4, -0.2) is 48.3 Å². The van der Waals surface area contributed by atoms with Crippen LogP contribution < -0.4 is 0 Å². The minimum absolute atomic E-state index is 0.0246. The van der Waals surface area contributed by atoms with E-state index in [0.717, 1.165) is 71.0 Å². The van der Waals surface area contributed by atoms with Crippen LogP contribution in [-0.2, 0) is 9.53 Å². The molecule has 2 unspecified atom stereocenters. The molecular weight excluding hydrogens is 494 g/mol. The van der Waals surface area contributed by atoms with Crippen molar-refractivity contribution in [2.24, 2.45) is 50.2 Å². The molecule has 0 heterocycles. The van der Waals surface area contributed by atoms with E-state index >= 15 is 0 Å². The summed E-state index contributed by atoms with van der Waals surface area (Å²) < 4.78 is 6.18. The van der Waals surface area contributed by atoms with Crippen molar-refractivity contribution in [3.63, 3.8) is 0 Å². The number of ether oxygens (including phenoxy) is 1. The van der Waals surface area contributed by atoms with Gasteiger partial charge in [-0.15, -0.1) is 0 Å². The Kier molecular flexibility index (Phi) is 7.73. The Hall–Kier alpha value is -0.870. The van der Waals surface area contributed by atoms with Crippen molar-refractivity contribution < 1.29 is 14.6 Å². The zero-order valence-corrected chi connectivity index (χ0v) is 27.5. The number of hydrogen-bond donors (Lipinski definition) is 1. The van der Waals surface area contributed by atoms with Gasteiger partial charge in [0.2, 0.25) is 0 Å². The molecule has 0 amide bonds. The molecule has 4 heteroatoms. The number of aliphatic hydroxyl groups excluding tert-OH is 1. The second kappa shape index (κ2) is 10.1. The van der Waals surface area contributed by atoms with Crippen LogP contribution in [0.3, 0.4) is 0 Å². The maximum absolute atomic E-state index is 14.1. The molecule has 4 nitrogen and oxygen atoms in total. The number of carbonyl (C=O) groups is 1. The summed E-state index contributed by atoms with van der Waals surface area (Å²) in [5, 5.41) is 11.0. The molecule has 0 saturated heterocycles. The zero-order chi connectivity index (χ0) is 29.4. The minimum Gasteiger partial charge on any atom is -0.464 e. The average Bonchev–Trinajstić information content (AvgIpc) is 2.89. The van der Waals surface area contributed by atoms with Crippen molar-refractivity contribution in [3.8, 4) is 0 Å². The van der Waals surface area contributed by atoms with Crippen LogP contribution in [0.5, 0.6) is 0 Å².